The molecule has 1 aliphatic carbocycles. The van der Waals surface area contributed by atoms with Crippen LogP contribution in [-0.4, -0.2) is 132 Å². The van der Waals surface area contributed by atoms with E-state index in [1.165, 1.54) is 12.0 Å². The molecular formula is C51H79NO13. The predicted octanol–water partition coefficient (Wildman–Crippen LogP) is 6.18. The predicted molar refractivity (Wildman–Crippen MR) is 245 cm³/mol. The van der Waals surface area contributed by atoms with Gasteiger partial charge in [-0.2, -0.15) is 0 Å². The van der Waals surface area contributed by atoms with E-state index in [0.29, 0.717) is 63.4 Å². The van der Waals surface area contributed by atoms with Crippen LogP contribution in [0.25, 0.3) is 0 Å². The number of esters is 1. The van der Waals surface area contributed by atoms with Gasteiger partial charge in [-0.3, -0.25) is 19.2 Å². The first kappa shape index (κ1) is 54.2. The van der Waals surface area contributed by atoms with Gasteiger partial charge in [0, 0.05) is 58.5 Å². The van der Waals surface area contributed by atoms with Crippen LogP contribution in [0.15, 0.2) is 47.6 Å². The molecule has 4 rings (SSSR count). The van der Waals surface area contributed by atoms with Crippen molar-refractivity contribution >= 4 is 29.2 Å². The number of methoxy groups -OCH3 is 3. The molecule has 0 aromatic rings. The molecule has 14 heteroatoms. The largest absolute Gasteiger partial charge is 0.460 e. The highest BCUT2D eigenvalue weighted by Gasteiger charge is 2.53. The zero-order valence-corrected chi connectivity index (χ0v) is 40.6. The van der Waals surface area contributed by atoms with Gasteiger partial charge in [0.1, 0.15) is 30.1 Å². The highest BCUT2D eigenvalue weighted by atomic mass is 16.6. The number of aliphatic hydroxyl groups excluding tert-OH is 2. The molecule has 15 atom stereocenters. The summed E-state index contributed by atoms with van der Waals surface area (Å²) in [7, 11) is 4.52. The van der Waals surface area contributed by atoms with Crippen molar-refractivity contribution in [3.8, 4) is 0 Å². The lowest BCUT2D eigenvalue weighted by Crippen LogP contribution is -2.61. The van der Waals surface area contributed by atoms with E-state index < -0.39 is 83.9 Å². The first-order valence-corrected chi connectivity index (χ1v) is 23.9. The van der Waals surface area contributed by atoms with Crippen LogP contribution in [0.1, 0.15) is 126 Å². The number of hydrogen-bond donors (Lipinski definition) is 3. The molecule has 3 heterocycles. The van der Waals surface area contributed by atoms with Crippen molar-refractivity contribution in [3.63, 3.8) is 0 Å². The number of rotatable bonds is 6. The number of carbonyl (C=O) groups excluding carboxylic acids is 5. The Bertz CT molecular complexity index is 1760. The van der Waals surface area contributed by atoms with Crippen LogP contribution in [0.5, 0.6) is 0 Å². The number of piperidine rings is 1. The maximum Gasteiger partial charge on any atom is 0.329 e. The van der Waals surface area contributed by atoms with Crippen molar-refractivity contribution < 1.29 is 63.0 Å². The van der Waals surface area contributed by atoms with Gasteiger partial charge in [0.25, 0.3) is 11.7 Å². The molecule has 2 saturated heterocycles. The van der Waals surface area contributed by atoms with Crippen molar-refractivity contribution in [1.82, 2.24) is 4.90 Å². The van der Waals surface area contributed by atoms with Crippen molar-refractivity contribution in [2.24, 2.45) is 35.5 Å². The van der Waals surface area contributed by atoms with E-state index in [-0.39, 0.29) is 54.8 Å². The number of carbonyl (C=O) groups is 5. The molecule has 14 nitrogen and oxygen atoms in total. The monoisotopic (exact) mass is 914 g/mol. The number of Topliss-reactive ketones (excluding diaryl/α,β-unsaturated/α-hetero) is 3. The van der Waals surface area contributed by atoms with Crippen molar-refractivity contribution in [2.75, 3.05) is 27.9 Å². The second kappa shape index (κ2) is 25.1. The van der Waals surface area contributed by atoms with E-state index >= 15 is 0 Å². The minimum atomic E-state index is -2.43. The van der Waals surface area contributed by atoms with Gasteiger partial charge in [-0.05, 0) is 107 Å². The van der Waals surface area contributed by atoms with Crippen LogP contribution in [0, 0.1) is 35.5 Å². The number of aliphatic hydroxyl groups is 3. The summed E-state index contributed by atoms with van der Waals surface area (Å²) in [5.41, 5.74) is 1.27. The van der Waals surface area contributed by atoms with Crippen molar-refractivity contribution in [1.29, 1.82) is 0 Å². The number of amides is 1. The Kier molecular flexibility index (Phi) is 21.0. The highest BCUT2D eigenvalue weighted by Crippen LogP contribution is 2.38. The van der Waals surface area contributed by atoms with E-state index in [2.05, 4.69) is 0 Å². The Hall–Kier alpha value is -3.37. The SMILES string of the molecule is CO[C@H]1C[C@@H]2CC[C@@H](C)[C@@](O)(O2)C(=O)C(=O)N2CCCC[C@H]2C(=O)O[C@H]([C@H](C)C[C@@H]2CC[C@H](O)[C@H](OC)C2)CC(=O)[C@H](C)/C=C(\C)[C@@H](O)[C@H](OC)C(=O)[C@H](C)C[C@H](C)/C=C/C=C/C=C/1C. The van der Waals surface area contributed by atoms with Crippen LogP contribution < -0.4 is 0 Å². The van der Waals surface area contributed by atoms with E-state index in [1.54, 1.807) is 41.1 Å². The lowest BCUT2D eigenvalue weighted by atomic mass is 9.78. The van der Waals surface area contributed by atoms with E-state index in [4.69, 9.17) is 23.7 Å². The van der Waals surface area contributed by atoms with Gasteiger partial charge in [-0.25, -0.2) is 4.79 Å². The van der Waals surface area contributed by atoms with Crippen molar-refractivity contribution in [2.45, 2.75) is 180 Å². The molecule has 0 aromatic heterocycles. The number of cyclic esters (lactones) is 1. The molecule has 65 heavy (non-hydrogen) atoms. The van der Waals surface area contributed by atoms with Crippen LogP contribution >= 0.6 is 0 Å². The molecule has 4 aliphatic rings. The summed E-state index contributed by atoms with van der Waals surface area (Å²) in [5.74, 6) is -7.96. The molecule has 0 spiro atoms. The molecule has 2 bridgehead atoms. The number of ether oxygens (including phenoxy) is 5. The number of fused-ring (bicyclic) bond motifs is 3. The maximum absolute atomic E-state index is 14.4. The van der Waals surface area contributed by atoms with Crippen LogP contribution in [-0.2, 0) is 47.7 Å². The zero-order valence-electron chi connectivity index (χ0n) is 40.6. The molecule has 0 radical (unpaired) electrons. The van der Waals surface area contributed by atoms with Gasteiger partial charge in [-0.15, -0.1) is 0 Å². The van der Waals surface area contributed by atoms with Gasteiger partial charge >= 0.3 is 5.97 Å². The van der Waals surface area contributed by atoms with Gasteiger partial charge in [0.2, 0.25) is 5.79 Å². The molecule has 0 unspecified atom stereocenters. The summed E-state index contributed by atoms with van der Waals surface area (Å²) in [6.07, 6.45) is 11.2. The minimum absolute atomic E-state index is 0.0193. The topological polar surface area (TPSA) is 195 Å². The quantitative estimate of drug-likeness (QED) is 0.156. The number of allylic oxidation sites excluding steroid dienone is 6. The fraction of sp³-hybridized carbons (Fsp3) is 0.745. The standard InChI is InChI=1S/C51H79NO13/c1-30-16-12-11-13-17-31(2)42(61-8)28-38-21-19-36(7)51(60,65-38)48(57)49(58)52-23-15-14-18-39(52)50(59)64-43(33(4)26-37-20-22-40(53)44(27-37)62-9)29-41(54)32(3)25-35(6)46(56)47(63-10)45(55)34(5)24-30/h11-13,16-17,25,30,32-34,36-40,42-44,46-47,53,56,60H,14-15,18-24,26-29H2,1-10H3/b13-11+,16-12+,31-17+,35-25+/t30-,32-,33-,34-,36-,37+,38+,39+,40+,42+,43+,44-,46-,47-,51-/m1/s1. The molecule has 3 fully saturated rings. The first-order valence-electron chi connectivity index (χ1n) is 23.9. The van der Waals surface area contributed by atoms with Crippen LogP contribution in [0.3, 0.4) is 0 Å². The lowest BCUT2D eigenvalue weighted by molar-refractivity contribution is -0.265. The third-order valence-electron chi connectivity index (χ3n) is 14.5. The molecule has 0 aromatic carbocycles. The summed E-state index contributed by atoms with van der Waals surface area (Å²) >= 11 is 0. The normalized spacial score (nSPS) is 40.4. The van der Waals surface area contributed by atoms with Crippen molar-refractivity contribution in [3.05, 3.63) is 47.6 Å². The Morgan fingerprint density at radius 2 is 1.57 bits per heavy atom. The number of ketones is 3. The van der Waals surface area contributed by atoms with E-state index in [0.717, 1.165) is 12.0 Å². The second-order valence-corrected chi connectivity index (χ2v) is 19.6. The Morgan fingerprint density at radius 1 is 0.846 bits per heavy atom. The lowest BCUT2D eigenvalue weighted by Gasteiger charge is -2.42. The maximum atomic E-state index is 14.4. The third kappa shape index (κ3) is 14.3. The molecule has 1 amide bonds. The summed E-state index contributed by atoms with van der Waals surface area (Å²) < 4.78 is 29.4. The smallest absolute Gasteiger partial charge is 0.329 e. The summed E-state index contributed by atoms with van der Waals surface area (Å²) in [6.45, 7) is 12.7. The fourth-order valence-electron chi connectivity index (χ4n) is 10.1. The second-order valence-electron chi connectivity index (χ2n) is 19.6. The molecular weight excluding hydrogens is 835 g/mol. The van der Waals surface area contributed by atoms with Gasteiger partial charge in [0.15, 0.2) is 5.78 Å². The molecule has 3 N–H and O–H groups in total. The summed E-state index contributed by atoms with van der Waals surface area (Å²) in [6, 6.07) is -1.14. The van der Waals surface area contributed by atoms with E-state index in [1.807, 2.05) is 58.1 Å². The Balaban J connectivity index is 1.70. The summed E-state index contributed by atoms with van der Waals surface area (Å²) in [5, 5.41) is 33.8. The van der Waals surface area contributed by atoms with Gasteiger partial charge in [0.05, 0.1) is 24.4 Å². The molecule has 1 saturated carbocycles. The number of nitrogens with zero attached hydrogens (tertiary/aromatic N) is 1. The highest BCUT2D eigenvalue weighted by molar-refractivity contribution is 6.39. The van der Waals surface area contributed by atoms with Gasteiger partial charge < -0.3 is 43.9 Å². The number of hydrogen-bond acceptors (Lipinski definition) is 13. The first-order chi connectivity index (χ1) is 30.7. The Labute approximate surface area is 387 Å². The molecule has 3 aliphatic heterocycles. The average Bonchev–Trinajstić information content (AvgIpc) is 3.28. The van der Waals surface area contributed by atoms with E-state index in [9.17, 15) is 39.3 Å². The Morgan fingerprint density at radius 3 is 2.25 bits per heavy atom. The van der Waals surface area contributed by atoms with Crippen LogP contribution in [0.2, 0.25) is 0 Å². The molecule has 366 valence electrons. The van der Waals surface area contributed by atoms with Crippen LogP contribution in [0.4, 0.5) is 0 Å². The summed E-state index contributed by atoms with van der Waals surface area (Å²) in [4.78, 5) is 71.8. The minimum Gasteiger partial charge on any atom is -0.460 e. The average molecular weight is 914 g/mol. The fourth-order valence-corrected chi connectivity index (χ4v) is 10.1. The zero-order chi connectivity index (χ0) is 48.2. The van der Waals surface area contributed by atoms with Gasteiger partial charge in [-0.1, -0.05) is 71.1 Å². The third-order valence-corrected chi connectivity index (χ3v) is 14.5.